The number of ether oxygens (including phenoxy) is 1. The minimum atomic E-state index is -4.84. The molecule has 7 heteroatoms. The summed E-state index contributed by atoms with van der Waals surface area (Å²) in [5.41, 5.74) is -3.27. The van der Waals surface area contributed by atoms with E-state index in [-0.39, 0.29) is 5.60 Å². The van der Waals surface area contributed by atoms with E-state index in [4.69, 9.17) is 9.84 Å². The van der Waals surface area contributed by atoms with Crippen LogP contribution in [0, 0.1) is 0 Å². The highest BCUT2D eigenvalue weighted by Crippen LogP contribution is 2.40. The number of rotatable bonds is 3. The molecule has 1 spiro atoms. The van der Waals surface area contributed by atoms with Gasteiger partial charge in [-0.1, -0.05) is 19.3 Å². The topological polar surface area (TPSA) is 58.6 Å². The third-order valence-corrected chi connectivity index (χ3v) is 4.75. The van der Waals surface area contributed by atoms with Gasteiger partial charge in [-0.05, 0) is 32.6 Å². The van der Waals surface area contributed by atoms with Crippen LogP contribution >= 0.6 is 0 Å². The standard InChI is InChI=1S/C14H22F3NO3/c1-12(11(19)20,14(15,16)17)18-10-5-8-21-13(9-10)6-3-2-4-7-13/h10,18H,2-9H2,1H3,(H,19,20). The molecule has 2 atom stereocenters. The van der Waals surface area contributed by atoms with Gasteiger partial charge in [0.1, 0.15) is 0 Å². The van der Waals surface area contributed by atoms with Gasteiger partial charge in [-0.25, -0.2) is 4.79 Å². The molecule has 21 heavy (non-hydrogen) atoms. The van der Waals surface area contributed by atoms with Crippen LogP contribution < -0.4 is 5.32 Å². The summed E-state index contributed by atoms with van der Waals surface area (Å²) in [6, 6.07) is -0.487. The third-order valence-electron chi connectivity index (χ3n) is 4.75. The lowest BCUT2D eigenvalue weighted by Gasteiger charge is -2.45. The highest BCUT2D eigenvalue weighted by molar-refractivity contribution is 5.79. The lowest BCUT2D eigenvalue weighted by Crippen LogP contribution is -2.64. The molecule has 2 unspecified atom stereocenters. The van der Waals surface area contributed by atoms with Crippen LogP contribution in [0.25, 0.3) is 0 Å². The van der Waals surface area contributed by atoms with Gasteiger partial charge >= 0.3 is 12.1 Å². The quantitative estimate of drug-likeness (QED) is 0.841. The molecule has 1 heterocycles. The number of halogens is 3. The van der Waals surface area contributed by atoms with Gasteiger partial charge < -0.3 is 9.84 Å². The molecule has 1 saturated heterocycles. The molecule has 0 bridgehead atoms. The van der Waals surface area contributed by atoms with Crippen molar-refractivity contribution in [2.24, 2.45) is 0 Å². The van der Waals surface area contributed by atoms with Crippen molar-refractivity contribution < 1.29 is 27.8 Å². The Hall–Kier alpha value is -0.820. The number of aliphatic carboxylic acids is 1. The number of hydrogen-bond donors (Lipinski definition) is 2. The summed E-state index contributed by atoms with van der Waals surface area (Å²) in [5.74, 6) is -1.89. The molecule has 1 saturated carbocycles. The zero-order chi connectivity index (χ0) is 15.7. The van der Waals surface area contributed by atoms with Crippen LogP contribution in [-0.4, -0.2) is 41.0 Å². The van der Waals surface area contributed by atoms with E-state index < -0.39 is 23.7 Å². The predicted molar refractivity (Wildman–Crippen MR) is 70.0 cm³/mol. The molecule has 0 aromatic heterocycles. The SMILES string of the molecule is CC(NC1CCOC2(CCCCC2)C1)(C(=O)O)C(F)(F)F. The van der Waals surface area contributed by atoms with E-state index in [1.807, 2.05) is 0 Å². The molecule has 0 radical (unpaired) electrons. The zero-order valence-corrected chi connectivity index (χ0v) is 12.1. The first kappa shape index (κ1) is 16.5. The van der Waals surface area contributed by atoms with Gasteiger partial charge in [-0.2, -0.15) is 13.2 Å². The second-order valence-corrected chi connectivity index (χ2v) is 6.35. The van der Waals surface area contributed by atoms with Crippen LogP contribution in [0.15, 0.2) is 0 Å². The van der Waals surface area contributed by atoms with Crippen molar-refractivity contribution in [3.63, 3.8) is 0 Å². The maximum atomic E-state index is 13.1. The van der Waals surface area contributed by atoms with E-state index in [9.17, 15) is 18.0 Å². The molecule has 2 fully saturated rings. The van der Waals surface area contributed by atoms with Crippen LogP contribution in [0.2, 0.25) is 0 Å². The molecule has 0 aromatic rings. The average molecular weight is 309 g/mol. The maximum Gasteiger partial charge on any atom is 0.417 e. The third kappa shape index (κ3) is 3.34. The Labute approximate surface area is 122 Å². The van der Waals surface area contributed by atoms with Crippen LogP contribution in [0.1, 0.15) is 51.9 Å². The number of hydrogen-bond acceptors (Lipinski definition) is 3. The fraction of sp³-hybridized carbons (Fsp3) is 0.929. The lowest BCUT2D eigenvalue weighted by atomic mass is 9.78. The Morgan fingerprint density at radius 1 is 1.29 bits per heavy atom. The Morgan fingerprint density at radius 2 is 1.90 bits per heavy atom. The minimum absolute atomic E-state index is 0.362. The number of nitrogens with one attached hydrogen (secondary N) is 1. The Bertz CT molecular complexity index is 388. The molecular formula is C14H22F3NO3. The highest BCUT2D eigenvalue weighted by atomic mass is 19.4. The predicted octanol–water partition coefficient (Wildman–Crippen LogP) is 2.86. The molecule has 122 valence electrons. The van der Waals surface area contributed by atoms with Gasteiger partial charge in [-0.15, -0.1) is 0 Å². The van der Waals surface area contributed by atoms with Crippen molar-refractivity contribution >= 4 is 5.97 Å². The number of carboxylic acids is 1. The first-order chi connectivity index (χ1) is 9.69. The zero-order valence-electron chi connectivity index (χ0n) is 12.1. The normalized spacial score (nSPS) is 29.0. The van der Waals surface area contributed by atoms with Crippen molar-refractivity contribution in [2.75, 3.05) is 6.61 Å². The fourth-order valence-corrected chi connectivity index (χ4v) is 3.37. The van der Waals surface area contributed by atoms with Gasteiger partial charge in [0.15, 0.2) is 0 Å². The lowest BCUT2D eigenvalue weighted by molar-refractivity contribution is -0.211. The summed E-state index contributed by atoms with van der Waals surface area (Å²) in [7, 11) is 0. The highest BCUT2D eigenvalue weighted by Gasteiger charge is 2.58. The van der Waals surface area contributed by atoms with Crippen LogP contribution in [-0.2, 0) is 9.53 Å². The monoisotopic (exact) mass is 309 g/mol. The molecule has 2 rings (SSSR count). The largest absolute Gasteiger partial charge is 0.480 e. The molecule has 0 amide bonds. The van der Waals surface area contributed by atoms with Crippen LogP contribution in [0.5, 0.6) is 0 Å². The Balaban J connectivity index is 2.09. The van der Waals surface area contributed by atoms with Gasteiger partial charge in [-0.3, -0.25) is 5.32 Å². The number of carboxylic acid groups (broad SMARTS) is 1. The summed E-state index contributed by atoms with van der Waals surface area (Å²) >= 11 is 0. The van der Waals surface area contributed by atoms with Gasteiger partial charge in [0.25, 0.3) is 0 Å². The van der Waals surface area contributed by atoms with E-state index in [2.05, 4.69) is 5.32 Å². The van der Waals surface area contributed by atoms with Crippen molar-refractivity contribution in [2.45, 2.75) is 75.2 Å². The molecule has 1 aliphatic carbocycles. The second-order valence-electron chi connectivity index (χ2n) is 6.35. The summed E-state index contributed by atoms with van der Waals surface area (Å²) in [5, 5.41) is 11.3. The summed E-state index contributed by atoms with van der Waals surface area (Å²) in [4.78, 5) is 11.1. The smallest absolute Gasteiger partial charge is 0.417 e. The second kappa shape index (κ2) is 5.76. The average Bonchev–Trinajstić information content (AvgIpc) is 2.38. The van der Waals surface area contributed by atoms with Crippen molar-refractivity contribution in [1.29, 1.82) is 0 Å². The maximum absolute atomic E-state index is 13.1. The van der Waals surface area contributed by atoms with Crippen molar-refractivity contribution in [3.8, 4) is 0 Å². The van der Waals surface area contributed by atoms with E-state index >= 15 is 0 Å². The minimum Gasteiger partial charge on any atom is -0.480 e. The van der Waals surface area contributed by atoms with Gasteiger partial charge in [0.05, 0.1) is 5.60 Å². The van der Waals surface area contributed by atoms with Crippen LogP contribution in [0.3, 0.4) is 0 Å². The first-order valence-corrected chi connectivity index (χ1v) is 7.40. The molecular weight excluding hydrogens is 287 g/mol. The number of alkyl halides is 3. The molecule has 2 aliphatic rings. The Morgan fingerprint density at radius 3 is 2.43 bits per heavy atom. The summed E-state index contributed by atoms with van der Waals surface area (Å²) < 4.78 is 45.0. The van der Waals surface area contributed by atoms with Gasteiger partial charge in [0, 0.05) is 12.6 Å². The van der Waals surface area contributed by atoms with Gasteiger partial charge in [0.2, 0.25) is 5.54 Å². The van der Waals surface area contributed by atoms with Crippen molar-refractivity contribution in [1.82, 2.24) is 5.32 Å². The fourth-order valence-electron chi connectivity index (χ4n) is 3.37. The molecule has 1 aliphatic heterocycles. The van der Waals surface area contributed by atoms with E-state index in [0.29, 0.717) is 26.4 Å². The summed E-state index contributed by atoms with van der Waals surface area (Å²) in [6.07, 6.45) is 0.870. The molecule has 2 N–H and O–H groups in total. The van der Waals surface area contributed by atoms with E-state index in [1.165, 1.54) is 0 Å². The molecule has 0 aromatic carbocycles. The molecule has 4 nitrogen and oxygen atoms in total. The van der Waals surface area contributed by atoms with Crippen molar-refractivity contribution in [3.05, 3.63) is 0 Å². The van der Waals surface area contributed by atoms with Crippen LogP contribution in [0.4, 0.5) is 13.2 Å². The Kier molecular flexibility index (Phi) is 4.54. The van der Waals surface area contributed by atoms with E-state index in [1.54, 1.807) is 0 Å². The van der Waals surface area contributed by atoms with E-state index in [0.717, 1.165) is 32.1 Å². The number of carbonyl (C=O) groups is 1. The summed E-state index contributed by atoms with van der Waals surface area (Å²) in [6.45, 7) is 1.07. The first-order valence-electron chi connectivity index (χ1n) is 7.40.